The van der Waals surface area contributed by atoms with E-state index in [1.807, 2.05) is 24.3 Å². The molecule has 8 nitrogen and oxygen atoms in total. The Bertz CT molecular complexity index is 866. The number of hydrogen-bond donors (Lipinski definition) is 4. The van der Waals surface area contributed by atoms with Crippen molar-refractivity contribution < 1.29 is 24.3 Å². The van der Waals surface area contributed by atoms with Crippen LogP contribution in [0.1, 0.15) is 6.92 Å². The lowest BCUT2D eigenvalue weighted by atomic mass is 10.1. The number of hydrogen-bond acceptors (Lipinski definition) is 5. The quantitative estimate of drug-likeness (QED) is 0.438. The molecule has 1 saturated heterocycles. The van der Waals surface area contributed by atoms with Crippen LogP contribution in [0.15, 0.2) is 48.5 Å². The molecule has 2 atom stereocenters. The van der Waals surface area contributed by atoms with Gasteiger partial charge < -0.3 is 20.2 Å². The molecule has 0 radical (unpaired) electrons. The number of nitrogens with zero attached hydrogens (tertiary/aromatic N) is 2. The van der Waals surface area contributed by atoms with Crippen LogP contribution in [0.2, 0.25) is 0 Å². The monoisotopic (exact) mass is 416 g/mol. The van der Waals surface area contributed by atoms with Gasteiger partial charge in [-0.25, -0.2) is 14.7 Å². The maximum absolute atomic E-state index is 13.1. The molecule has 4 N–H and O–H groups in total. The Balaban J connectivity index is 1.56. The molecule has 0 aromatic heterocycles. The minimum Gasteiger partial charge on any atom is -0.391 e. The standard InChI is InChI=1S/C21H25FN4O4/c1-14(27)19(20(28)24-30)23-21(29)26-12-10-25(11-13-26)18-8-4-16(5-9-18)15-2-6-17(22)7-3-15/h2-9,14,19,27,30H,10-13H2,1H3,(H,23,29)(H,24,28)/t14-,19+/m1/s1. The zero-order chi connectivity index (χ0) is 21.7. The van der Waals surface area contributed by atoms with Crippen molar-refractivity contribution in [2.24, 2.45) is 0 Å². The Morgan fingerprint density at radius 3 is 2.00 bits per heavy atom. The molecule has 3 rings (SSSR count). The third kappa shape index (κ3) is 5.05. The van der Waals surface area contributed by atoms with E-state index in [-0.39, 0.29) is 5.82 Å². The van der Waals surface area contributed by atoms with Gasteiger partial charge in [0.1, 0.15) is 11.9 Å². The Morgan fingerprint density at radius 2 is 1.50 bits per heavy atom. The summed E-state index contributed by atoms with van der Waals surface area (Å²) in [5.41, 5.74) is 4.38. The highest BCUT2D eigenvalue weighted by Gasteiger charge is 2.29. The molecule has 30 heavy (non-hydrogen) atoms. The first-order valence-corrected chi connectivity index (χ1v) is 9.67. The molecule has 9 heteroatoms. The highest BCUT2D eigenvalue weighted by molar-refractivity contribution is 5.87. The number of anilines is 1. The van der Waals surface area contributed by atoms with Gasteiger partial charge in [0.15, 0.2) is 0 Å². The van der Waals surface area contributed by atoms with E-state index in [1.54, 1.807) is 17.0 Å². The van der Waals surface area contributed by atoms with E-state index >= 15 is 0 Å². The lowest BCUT2D eigenvalue weighted by Crippen LogP contribution is -2.58. The second-order valence-electron chi connectivity index (χ2n) is 7.17. The van der Waals surface area contributed by atoms with Crippen LogP contribution < -0.4 is 15.7 Å². The van der Waals surface area contributed by atoms with Crippen LogP contribution in [0, 0.1) is 5.82 Å². The van der Waals surface area contributed by atoms with Gasteiger partial charge in [-0.1, -0.05) is 24.3 Å². The maximum Gasteiger partial charge on any atom is 0.318 e. The molecule has 2 aromatic rings. The van der Waals surface area contributed by atoms with Gasteiger partial charge in [-0.05, 0) is 42.3 Å². The van der Waals surface area contributed by atoms with E-state index in [1.165, 1.54) is 24.5 Å². The normalized spacial score (nSPS) is 16.0. The summed E-state index contributed by atoms with van der Waals surface area (Å²) in [7, 11) is 0. The van der Waals surface area contributed by atoms with Crippen molar-refractivity contribution in [3.8, 4) is 11.1 Å². The first kappa shape index (κ1) is 21.5. The summed E-state index contributed by atoms with van der Waals surface area (Å²) in [5.74, 6) is -1.15. The number of amides is 3. The minimum absolute atomic E-state index is 0.269. The van der Waals surface area contributed by atoms with Crippen molar-refractivity contribution in [2.45, 2.75) is 19.1 Å². The van der Waals surface area contributed by atoms with Gasteiger partial charge in [-0.3, -0.25) is 10.0 Å². The number of aliphatic hydroxyl groups excluding tert-OH is 1. The molecule has 3 amide bonds. The van der Waals surface area contributed by atoms with E-state index in [2.05, 4.69) is 10.2 Å². The Morgan fingerprint density at radius 1 is 0.967 bits per heavy atom. The molecule has 0 spiro atoms. The number of nitrogens with one attached hydrogen (secondary N) is 2. The van der Waals surface area contributed by atoms with Crippen LogP contribution in [-0.2, 0) is 4.79 Å². The van der Waals surface area contributed by atoms with Gasteiger partial charge in [-0.2, -0.15) is 0 Å². The average molecular weight is 416 g/mol. The zero-order valence-electron chi connectivity index (χ0n) is 16.6. The lowest BCUT2D eigenvalue weighted by Gasteiger charge is -2.36. The molecule has 1 aliphatic heterocycles. The number of halogens is 1. The van der Waals surface area contributed by atoms with Crippen molar-refractivity contribution in [1.82, 2.24) is 15.7 Å². The number of aliphatic hydroxyl groups is 1. The fourth-order valence-electron chi connectivity index (χ4n) is 3.37. The Labute approximate surface area is 173 Å². The molecule has 0 saturated carbocycles. The smallest absolute Gasteiger partial charge is 0.318 e. The number of rotatable bonds is 5. The number of benzene rings is 2. The van der Waals surface area contributed by atoms with E-state index in [4.69, 9.17) is 5.21 Å². The fourth-order valence-corrected chi connectivity index (χ4v) is 3.37. The molecule has 1 aliphatic rings. The Kier molecular flexibility index (Phi) is 6.86. The Hall–Kier alpha value is -3.17. The van der Waals surface area contributed by atoms with Crippen molar-refractivity contribution in [2.75, 3.05) is 31.1 Å². The SMILES string of the molecule is C[C@@H](O)[C@H](NC(=O)N1CCN(c2ccc(-c3ccc(F)cc3)cc2)CC1)C(=O)NO. The second kappa shape index (κ2) is 9.55. The number of carbonyl (C=O) groups is 2. The van der Waals surface area contributed by atoms with Crippen LogP contribution in [-0.4, -0.2) is 65.5 Å². The predicted octanol–water partition coefficient (Wildman–Crippen LogP) is 1.58. The minimum atomic E-state index is -1.24. The van der Waals surface area contributed by atoms with Gasteiger partial charge in [0.2, 0.25) is 0 Å². The molecule has 0 bridgehead atoms. The van der Waals surface area contributed by atoms with Crippen LogP contribution >= 0.6 is 0 Å². The molecular formula is C21H25FN4O4. The lowest BCUT2D eigenvalue weighted by molar-refractivity contribution is -0.133. The van der Waals surface area contributed by atoms with Crippen molar-refractivity contribution in [3.05, 3.63) is 54.3 Å². The number of carbonyl (C=O) groups excluding carboxylic acids is 2. The van der Waals surface area contributed by atoms with Gasteiger partial charge in [0.25, 0.3) is 5.91 Å². The summed E-state index contributed by atoms with van der Waals surface area (Å²) in [6.45, 7) is 3.45. The molecular weight excluding hydrogens is 391 g/mol. The third-order valence-electron chi connectivity index (χ3n) is 5.13. The number of urea groups is 1. The van der Waals surface area contributed by atoms with E-state index in [0.717, 1.165) is 16.8 Å². The van der Waals surface area contributed by atoms with Crippen LogP contribution in [0.3, 0.4) is 0 Å². The molecule has 0 unspecified atom stereocenters. The number of piperazine rings is 1. The molecule has 2 aromatic carbocycles. The molecule has 0 aliphatic carbocycles. The van der Waals surface area contributed by atoms with Crippen molar-refractivity contribution >= 4 is 17.6 Å². The third-order valence-corrected chi connectivity index (χ3v) is 5.13. The van der Waals surface area contributed by atoms with Gasteiger partial charge in [0.05, 0.1) is 6.10 Å². The summed E-state index contributed by atoms with van der Waals surface area (Å²) in [5, 5.41) is 20.8. The van der Waals surface area contributed by atoms with Crippen molar-refractivity contribution in [3.63, 3.8) is 0 Å². The highest BCUT2D eigenvalue weighted by Crippen LogP contribution is 2.24. The van der Waals surface area contributed by atoms with Crippen LogP contribution in [0.25, 0.3) is 11.1 Å². The first-order valence-electron chi connectivity index (χ1n) is 9.67. The first-order chi connectivity index (χ1) is 14.4. The van der Waals surface area contributed by atoms with Gasteiger partial charge in [0, 0.05) is 31.9 Å². The van der Waals surface area contributed by atoms with Gasteiger partial charge >= 0.3 is 6.03 Å². The van der Waals surface area contributed by atoms with E-state index < -0.39 is 24.1 Å². The topological polar surface area (TPSA) is 105 Å². The molecule has 160 valence electrons. The highest BCUT2D eigenvalue weighted by atomic mass is 19.1. The second-order valence-corrected chi connectivity index (χ2v) is 7.17. The predicted molar refractivity (Wildman–Crippen MR) is 110 cm³/mol. The average Bonchev–Trinajstić information content (AvgIpc) is 2.77. The molecule has 1 fully saturated rings. The summed E-state index contributed by atoms with van der Waals surface area (Å²) in [6.07, 6.45) is -1.15. The van der Waals surface area contributed by atoms with Crippen LogP contribution in [0.4, 0.5) is 14.9 Å². The summed E-state index contributed by atoms with van der Waals surface area (Å²) in [4.78, 5) is 27.7. The van der Waals surface area contributed by atoms with Crippen LogP contribution in [0.5, 0.6) is 0 Å². The van der Waals surface area contributed by atoms with E-state index in [0.29, 0.717) is 26.2 Å². The number of hydroxylamine groups is 1. The van der Waals surface area contributed by atoms with Gasteiger partial charge in [-0.15, -0.1) is 0 Å². The summed E-state index contributed by atoms with van der Waals surface area (Å²) in [6, 6.07) is 12.5. The van der Waals surface area contributed by atoms with Crippen molar-refractivity contribution in [1.29, 1.82) is 0 Å². The summed E-state index contributed by atoms with van der Waals surface area (Å²) < 4.78 is 13.1. The van der Waals surface area contributed by atoms with E-state index in [9.17, 15) is 19.1 Å². The molecule has 1 heterocycles. The summed E-state index contributed by atoms with van der Waals surface area (Å²) >= 11 is 0. The zero-order valence-corrected chi connectivity index (χ0v) is 16.6. The largest absolute Gasteiger partial charge is 0.391 e. The maximum atomic E-state index is 13.1. The fraction of sp³-hybridized carbons (Fsp3) is 0.333.